The van der Waals surface area contributed by atoms with Crippen molar-refractivity contribution in [3.8, 4) is 0 Å². The van der Waals surface area contributed by atoms with E-state index in [4.69, 9.17) is 14.5 Å². The fourth-order valence-corrected chi connectivity index (χ4v) is 1.25. The van der Waals surface area contributed by atoms with Crippen LogP contribution in [0, 0.1) is 0 Å². The van der Waals surface area contributed by atoms with Gasteiger partial charge in [0.2, 0.25) is 0 Å². The number of hydroxylamine groups is 4. The summed E-state index contributed by atoms with van der Waals surface area (Å²) in [5.41, 5.74) is 0. The Morgan fingerprint density at radius 2 is 1.20 bits per heavy atom. The standard InChI is InChI=1S/C14H30N2O4/c1-5-8-11-18-15(4)14(17)16(19-12-9-6-2)20-13-10-7-3/h5-13H2,1-4H3. The van der Waals surface area contributed by atoms with E-state index in [0.29, 0.717) is 19.8 Å². The highest BCUT2D eigenvalue weighted by molar-refractivity contribution is 5.70. The van der Waals surface area contributed by atoms with Crippen LogP contribution in [0.1, 0.15) is 59.3 Å². The minimum atomic E-state index is -0.437. The lowest BCUT2D eigenvalue weighted by atomic mass is 10.4. The third kappa shape index (κ3) is 9.12. The zero-order valence-electron chi connectivity index (χ0n) is 13.4. The van der Waals surface area contributed by atoms with Gasteiger partial charge in [0.15, 0.2) is 0 Å². The van der Waals surface area contributed by atoms with Crippen LogP contribution in [0.5, 0.6) is 0 Å². The minimum absolute atomic E-state index is 0.437. The highest BCUT2D eigenvalue weighted by Crippen LogP contribution is 2.04. The third-order valence-corrected chi connectivity index (χ3v) is 2.62. The van der Waals surface area contributed by atoms with E-state index in [1.165, 1.54) is 0 Å². The maximum atomic E-state index is 12.1. The molecule has 0 aliphatic heterocycles. The van der Waals surface area contributed by atoms with E-state index in [9.17, 15) is 4.79 Å². The summed E-state index contributed by atoms with van der Waals surface area (Å²) >= 11 is 0. The van der Waals surface area contributed by atoms with Gasteiger partial charge in [-0.15, -0.1) is 0 Å². The van der Waals surface area contributed by atoms with E-state index >= 15 is 0 Å². The van der Waals surface area contributed by atoms with E-state index in [1.54, 1.807) is 7.05 Å². The number of rotatable bonds is 12. The van der Waals surface area contributed by atoms with Crippen LogP contribution >= 0.6 is 0 Å². The van der Waals surface area contributed by atoms with E-state index < -0.39 is 6.03 Å². The molecule has 20 heavy (non-hydrogen) atoms. The van der Waals surface area contributed by atoms with Gasteiger partial charge in [-0.25, -0.2) is 19.5 Å². The van der Waals surface area contributed by atoms with Gasteiger partial charge in [0, 0.05) is 7.05 Å². The van der Waals surface area contributed by atoms with Gasteiger partial charge in [0.1, 0.15) is 0 Å². The average molecular weight is 290 g/mol. The van der Waals surface area contributed by atoms with Gasteiger partial charge >= 0.3 is 6.03 Å². The molecule has 0 aromatic heterocycles. The van der Waals surface area contributed by atoms with Crippen molar-refractivity contribution in [2.24, 2.45) is 0 Å². The molecule has 0 spiro atoms. The second-order valence-electron chi connectivity index (χ2n) is 4.60. The van der Waals surface area contributed by atoms with E-state index in [2.05, 4.69) is 20.8 Å². The third-order valence-electron chi connectivity index (χ3n) is 2.62. The number of carbonyl (C=O) groups excluding carboxylic acids is 1. The first-order chi connectivity index (χ1) is 9.67. The van der Waals surface area contributed by atoms with Gasteiger partial charge in [-0.2, -0.15) is 0 Å². The van der Waals surface area contributed by atoms with Crippen LogP contribution in [-0.4, -0.2) is 43.2 Å². The van der Waals surface area contributed by atoms with Crippen LogP contribution < -0.4 is 0 Å². The predicted molar refractivity (Wildman–Crippen MR) is 77.6 cm³/mol. The molecular weight excluding hydrogens is 260 g/mol. The maximum absolute atomic E-state index is 12.1. The van der Waals surface area contributed by atoms with Crippen LogP contribution in [0.2, 0.25) is 0 Å². The first-order valence-corrected chi connectivity index (χ1v) is 7.63. The molecule has 0 N–H and O–H groups in total. The number of hydrogen-bond donors (Lipinski definition) is 0. The molecule has 0 aliphatic carbocycles. The molecule has 120 valence electrons. The van der Waals surface area contributed by atoms with E-state index in [-0.39, 0.29) is 0 Å². The molecule has 0 unspecified atom stereocenters. The first kappa shape index (κ1) is 19.1. The summed E-state index contributed by atoms with van der Waals surface area (Å²) in [7, 11) is 1.57. The molecule has 0 heterocycles. The van der Waals surface area contributed by atoms with Gasteiger partial charge in [0.25, 0.3) is 0 Å². The maximum Gasteiger partial charge on any atom is 0.393 e. The lowest BCUT2D eigenvalue weighted by Crippen LogP contribution is -2.41. The largest absolute Gasteiger partial charge is 0.393 e. The summed E-state index contributed by atoms with van der Waals surface area (Å²) < 4.78 is 0. The average Bonchev–Trinajstić information content (AvgIpc) is 2.45. The minimum Gasteiger partial charge on any atom is -0.270 e. The fourth-order valence-electron chi connectivity index (χ4n) is 1.25. The molecule has 0 bridgehead atoms. The smallest absolute Gasteiger partial charge is 0.270 e. The molecule has 0 atom stereocenters. The molecule has 0 radical (unpaired) electrons. The summed E-state index contributed by atoms with van der Waals surface area (Å²) in [5, 5.41) is 2.10. The lowest BCUT2D eigenvalue weighted by Gasteiger charge is -2.25. The first-order valence-electron chi connectivity index (χ1n) is 7.63. The van der Waals surface area contributed by atoms with Crippen molar-refractivity contribution in [3.63, 3.8) is 0 Å². The monoisotopic (exact) mass is 290 g/mol. The van der Waals surface area contributed by atoms with Gasteiger partial charge < -0.3 is 0 Å². The van der Waals surface area contributed by atoms with Crippen LogP contribution in [0.4, 0.5) is 4.79 Å². The summed E-state index contributed by atoms with van der Waals surface area (Å²) in [4.78, 5) is 28.1. The van der Waals surface area contributed by atoms with Crippen molar-refractivity contribution >= 4 is 6.03 Å². The van der Waals surface area contributed by atoms with Crippen LogP contribution in [-0.2, 0) is 14.5 Å². The van der Waals surface area contributed by atoms with Crippen LogP contribution in [0.25, 0.3) is 0 Å². The van der Waals surface area contributed by atoms with Gasteiger partial charge in [0.05, 0.1) is 19.8 Å². The molecule has 0 fully saturated rings. The quantitative estimate of drug-likeness (QED) is 0.407. The Labute approximate surface area is 122 Å². The summed E-state index contributed by atoms with van der Waals surface area (Å²) in [6.45, 7) is 7.62. The summed E-state index contributed by atoms with van der Waals surface area (Å²) in [6, 6.07) is -0.437. The number of carbonyl (C=O) groups is 1. The van der Waals surface area contributed by atoms with Gasteiger partial charge in [-0.1, -0.05) is 45.3 Å². The zero-order chi connectivity index (χ0) is 15.2. The van der Waals surface area contributed by atoms with Crippen molar-refractivity contribution < 1.29 is 19.3 Å². The highest BCUT2D eigenvalue weighted by atomic mass is 17.0. The van der Waals surface area contributed by atoms with E-state index in [1.807, 2.05) is 0 Å². The molecule has 6 nitrogen and oxygen atoms in total. The molecule has 0 saturated heterocycles. The normalized spacial score (nSPS) is 10.6. The fraction of sp³-hybridized carbons (Fsp3) is 0.929. The van der Waals surface area contributed by atoms with Crippen LogP contribution in [0.15, 0.2) is 0 Å². The number of urea groups is 1. The van der Waals surface area contributed by atoms with Gasteiger partial charge in [-0.3, -0.25) is 4.84 Å². The SMILES string of the molecule is CCCCON(C)C(=O)N(OCCCC)OCCCC. The van der Waals surface area contributed by atoms with Crippen molar-refractivity contribution in [2.75, 3.05) is 26.9 Å². The Bertz CT molecular complexity index is 229. The molecule has 0 aliphatic rings. The second-order valence-corrected chi connectivity index (χ2v) is 4.60. The van der Waals surface area contributed by atoms with Crippen molar-refractivity contribution in [1.29, 1.82) is 0 Å². The zero-order valence-corrected chi connectivity index (χ0v) is 13.4. The van der Waals surface area contributed by atoms with Gasteiger partial charge in [-0.05, 0) is 19.3 Å². The molecule has 0 aromatic rings. The predicted octanol–water partition coefficient (Wildman–Crippen LogP) is 3.54. The van der Waals surface area contributed by atoms with Crippen molar-refractivity contribution in [1.82, 2.24) is 10.3 Å². The molecule has 6 heteroatoms. The Morgan fingerprint density at radius 3 is 1.60 bits per heavy atom. The Balaban J connectivity index is 4.21. The van der Waals surface area contributed by atoms with E-state index in [0.717, 1.165) is 48.8 Å². The Morgan fingerprint density at radius 1 is 0.800 bits per heavy atom. The Kier molecular flexibility index (Phi) is 12.6. The summed E-state index contributed by atoms with van der Waals surface area (Å²) in [6.07, 6.45) is 5.68. The van der Waals surface area contributed by atoms with Crippen molar-refractivity contribution in [3.05, 3.63) is 0 Å². The highest BCUT2D eigenvalue weighted by Gasteiger charge is 2.21. The van der Waals surface area contributed by atoms with Crippen molar-refractivity contribution in [2.45, 2.75) is 59.3 Å². The molecule has 2 amide bonds. The molecule has 0 aromatic carbocycles. The number of nitrogens with zero attached hydrogens (tertiary/aromatic N) is 2. The second kappa shape index (κ2) is 13.1. The molecule has 0 saturated carbocycles. The molecular formula is C14H30N2O4. The Hall–Kier alpha value is -0.850. The number of unbranched alkanes of at least 4 members (excludes halogenated alkanes) is 3. The molecule has 0 rings (SSSR count). The lowest BCUT2D eigenvalue weighted by molar-refractivity contribution is -0.340. The van der Waals surface area contributed by atoms with Crippen LogP contribution in [0.3, 0.4) is 0 Å². The topological polar surface area (TPSA) is 51.2 Å². The summed E-state index contributed by atoms with van der Waals surface area (Å²) in [5.74, 6) is 0. The number of amides is 2. The number of hydrogen-bond acceptors (Lipinski definition) is 4.